The van der Waals surface area contributed by atoms with Gasteiger partial charge in [-0.25, -0.2) is 9.18 Å². The van der Waals surface area contributed by atoms with Crippen LogP contribution in [-0.2, 0) is 4.74 Å². The number of benzene rings is 1. The lowest BCUT2D eigenvalue weighted by molar-refractivity contribution is 0.0126. The number of amides is 2. The molecule has 2 fully saturated rings. The third-order valence-electron chi connectivity index (χ3n) is 4.30. The summed E-state index contributed by atoms with van der Waals surface area (Å²) in [4.78, 5) is 28.3. The minimum Gasteiger partial charge on any atom is -0.444 e. The number of carbonyl (C=O) groups is 2. The van der Waals surface area contributed by atoms with E-state index in [2.05, 4.69) is 15.9 Å². The highest BCUT2D eigenvalue weighted by atomic mass is 79.9. The molecule has 0 spiro atoms. The van der Waals surface area contributed by atoms with Gasteiger partial charge in [-0.15, -0.1) is 0 Å². The van der Waals surface area contributed by atoms with E-state index in [0.29, 0.717) is 23.1 Å². The molecule has 0 N–H and O–H groups in total. The number of fused-ring (bicyclic) bond motifs is 2. The summed E-state index contributed by atoms with van der Waals surface area (Å²) in [7, 11) is 0. The van der Waals surface area contributed by atoms with Crippen molar-refractivity contribution in [3.8, 4) is 0 Å². The van der Waals surface area contributed by atoms with E-state index in [1.165, 1.54) is 12.1 Å². The van der Waals surface area contributed by atoms with Crippen molar-refractivity contribution in [3.63, 3.8) is 0 Å². The Kier molecular flexibility index (Phi) is 4.32. The van der Waals surface area contributed by atoms with Crippen LogP contribution in [0.15, 0.2) is 22.7 Å². The highest BCUT2D eigenvalue weighted by molar-refractivity contribution is 9.10. The Labute approximate surface area is 148 Å². The average Bonchev–Trinajstić information content (AvgIpc) is 3.07. The van der Waals surface area contributed by atoms with Crippen molar-refractivity contribution in [1.82, 2.24) is 9.80 Å². The van der Waals surface area contributed by atoms with E-state index in [0.717, 1.165) is 6.42 Å². The predicted octanol–water partition coefficient (Wildman–Crippen LogP) is 3.42. The number of nitrogens with zero attached hydrogens (tertiary/aromatic N) is 2. The second-order valence-corrected chi connectivity index (χ2v) is 8.12. The van der Waals surface area contributed by atoms with Gasteiger partial charge in [-0.3, -0.25) is 4.79 Å². The molecule has 2 bridgehead atoms. The van der Waals surface area contributed by atoms with Gasteiger partial charge in [0, 0.05) is 18.7 Å². The van der Waals surface area contributed by atoms with Crippen LogP contribution in [-0.4, -0.2) is 52.6 Å². The summed E-state index contributed by atoms with van der Waals surface area (Å²) in [6.45, 7) is 6.41. The van der Waals surface area contributed by atoms with Gasteiger partial charge in [0.15, 0.2) is 0 Å². The highest BCUT2D eigenvalue weighted by Gasteiger charge is 2.48. The molecule has 0 unspecified atom stereocenters. The molecule has 5 nitrogen and oxygen atoms in total. The summed E-state index contributed by atoms with van der Waals surface area (Å²) >= 11 is 3.08. The smallest absolute Gasteiger partial charge is 0.410 e. The van der Waals surface area contributed by atoms with Gasteiger partial charge in [0.05, 0.1) is 16.6 Å². The number of hydrogen-bond acceptors (Lipinski definition) is 3. The van der Waals surface area contributed by atoms with Crippen molar-refractivity contribution >= 4 is 27.9 Å². The van der Waals surface area contributed by atoms with Crippen molar-refractivity contribution in [1.29, 1.82) is 0 Å². The van der Waals surface area contributed by atoms with Gasteiger partial charge in [0.2, 0.25) is 0 Å². The normalized spacial score (nSPS) is 22.9. The molecule has 2 aliphatic rings. The maximum atomic E-state index is 13.7. The zero-order chi connectivity index (χ0) is 17.6. The van der Waals surface area contributed by atoms with Crippen molar-refractivity contribution in [2.75, 3.05) is 13.1 Å². The quantitative estimate of drug-likeness (QED) is 0.727. The Bertz CT molecular complexity index is 689. The topological polar surface area (TPSA) is 49.9 Å². The molecule has 2 heterocycles. The Balaban J connectivity index is 1.68. The largest absolute Gasteiger partial charge is 0.444 e. The molecular formula is C17H20BrFN2O3. The van der Waals surface area contributed by atoms with Crippen molar-refractivity contribution in [2.24, 2.45) is 0 Å². The van der Waals surface area contributed by atoms with Crippen LogP contribution in [0.1, 0.15) is 37.6 Å². The summed E-state index contributed by atoms with van der Waals surface area (Å²) in [6, 6.07) is 4.30. The fourth-order valence-corrected chi connectivity index (χ4v) is 3.50. The van der Waals surface area contributed by atoms with Crippen molar-refractivity contribution in [2.45, 2.75) is 44.9 Å². The number of piperazine rings is 1. The second kappa shape index (κ2) is 6.02. The minimum absolute atomic E-state index is 0.0332. The molecule has 2 aliphatic heterocycles. The minimum atomic E-state index is -0.538. The first-order chi connectivity index (χ1) is 11.2. The summed E-state index contributed by atoms with van der Waals surface area (Å²) in [5.74, 6) is -0.654. The van der Waals surface area contributed by atoms with E-state index in [-0.39, 0.29) is 24.1 Å². The van der Waals surface area contributed by atoms with Gasteiger partial charge < -0.3 is 14.5 Å². The third-order valence-corrected chi connectivity index (χ3v) is 4.94. The van der Waals surface area contributed by atoms with E-state index in [1.54, 1.807) is 15.9 Å². The number of carbonyl (C=O) groups excluding carboxylic acids is 2. The van der Waals surface area contributed by atoms with Gasteiger partial charge in [-0.2, -0.15) is 0 Å². The van der Waals surface area contributed by atoms with Gasteiger partial charge in [0.1, 0.15) is 11.4 Å². The predicted molar refractivity (Wildman–Crippen MR) is 90.3 cm³/mol. The van der Waals surface area contributed by atoms with Crippen LogP contribution in [0.5, 0.6) is 0 Å². The molecule has 0 aromatic heterocycles. The molecular weight excluding hydrogens is 379 g/mol. The summed E-state index contributed by atoms with van der Waals surface area (Å²) in [5.41, 5.74) is -0.212. The van der Waals surface area contributed by atoms with E-state index in [9.17, 15) is 14.0 Å². The van der Waals surface area contributed by atoms with Gasteiger partial charge >= 0.3 is 6.09 Å². The molecule has 130 valence electrons. The fraction of sp³-hybridized carbons (Fsp3) is 0.529. The number of rotatable bonds is 1. The first-order valence-corrected chi connectivity index (χ1v) is 8.70. The highest BCUT2D eigenvalue weighted by Crippen LogP contribution is 2.33. The maximum Gasteiger partial charge on any atom is 0.410 e. The van der Waals surface area contributed by atoms with Gasteiger partial charge in [-0.1, -0.05) is 0 Å². The van der Waals surface area contributed by atoms with Crippen LogP contribution < -0.4 is 0 Å². The van der Waals surface area contributed by atoms with E-state index < -0.39 is 11.4 Å². The van der Waals surface area contributed by atoms with Gasteiger partial charge in [0.25, 0.3) is 5.91 Å². The molecule has 24 heavy (non-hydrogen) atoms. The standard InChI is InChI=1S/C17H20BrFN2O3/c1-17(2,3)24-16(23)21-9-11-7-12(21)8-20(11)15(22)10-4-5-13(18)14(19)6-10/h4-6,11-12H,7-9H2,1-3H3/t11-,12-/m0/s1. The lowest BCUT2D eigenvalue weighted by Crippen LogP contribution is -2.51. The third kappa shape index (κ3) is 3.27. The molecule has 0 saturated carbocycles. The van der Waals surface area contributed by atoms with Crippen LogP contribution in [0.3, 0.4) is 0 Å². The lowest BCUT2D eigenvalue weighted by Gasteiger charge is -2.35. The monoisotopic (exact) mass is 398 g/mol. The summed E-state index contributed by atoms with van der Waals surface area (Å²) in [6.07, 6.45) is 0.404. The van der Waals surface area contributed by atoms with Crippen molar-refractivity contribution in [3.05, 3.63) is 34.1 Å². The average molecular weight is 399 g/mol. The summed E-state index contributed by atoms with van der Waals surface area (Å²) < 4.78 is 19.4. The Morgan fingerprint density at radius 1 is 1.21 bits per heavy atom. The Hall–Kier alpha value is -1.63. The van der Waals surface area contributed by atoms with Crippen LogP contribution >= 0.6 is 15.9 Å². The first kappa shape index (κ1) is 17.2. The van der Waals surface area contributed by atoms with E-state index in [1.807, 2.05) is 20.8 Å². The van der Waals surface area contributed by atoms with Crippen LogP contribution in [0, 0.1) is 5.82 Å². The number of hydrogen-bond donors (Lipinski definition) is 0. The van der Waals surface area contributed by atoms with E-state index >= 15 is 0 Å². The zero-order valence-corrected chi connectivity index (χ0v) is 15.5. The molecule has 7 heteroatoms. The lowest BCUT2D eigenvalue weighted by atomic mass is 10.1. The Morgan fingerprint density at radius 2 is 1.83 bits per heavy atom. The molecule has 0 radical (unpaired) electrons. The molecule has 3 rings (SSSR count). The second-order valence-electron chi connectivity index (χ2n) is 7.26. The van der Waals surface area contributed by atoms with E-state index in [4.69, 9.17) is 4.74 Å². The van der Waals surface area contributed by atoms with Crippen LogP contribution in [0.2, 0.25) is 0 Å². The van der Waals surface area contributed by atoms with Crippen LogP contribution in [0.25, 0.3) is 0 Å². The fourth-order valence-electron chi connectivity index (χ4n) is 3.25. The molecule has 2 saturated heterocycles. The number of ether oxygens (including phenoxy) is 1. The first-order valence-electron chi connectivity index (χ1n) is 7.91. The molecule has 2 atom stereocenters. The molecule has 0 aliphatic carbocycles. The number of likely N-dealkylation sites (tertiary alicyclic amines) is 2. The molecule has 1 aromatic rings. The SMILES string of the molecule is CC(C)(C)OC(=O)N1C[C@@H]2C[C@H]1CN2C(=O)c1ccc(Br)c(F)c1. The van der Waals surface area contributed by atoms with Crippen molar-refractivity contribution < 1.29 is 18.7 Å². The molecule has 1 aromatic carbocycles. The summed E-state index contributed by atoms with van der Waals surface area (Å²) in [5, 5.41) is 0. The Morgan fingerprint density at radius 3 is 2.38 bits per heavy atom. The zero-order valence-electron chi connectivity index (χ0n) is 13.9. The maximum absolute atomic E-state index is 13.7. The van der Waals surface area contributed by atoms with Crippen LogP contribution in [0.4, 0.5) is 9.18 Å². The molecule has 2 amide bonds. The van der Waals surface area contributed by atoms with Gasteiger partial charge in [-0.05, 0) is 61.3 Å². The number of halogens is 2.